The Morgan fingerprint density at radius 1 is 1.58 bits per heavy atom. The Bertz CT molecular complexity index is 311. The predicted molar refractivity (Wildman–Crippen MR) is 40.9 cm³/mol. The van der Waals surface area contributed by atoms with Crippen LogP contribution in [-0.4, -0.2) is 36.9 Å². The summed E-state index contributed by atoms with van der Waals surface area (Å²) >= 11 is 0. The van der Waals surface area contributed by atoms with Crippen LogP contribution in [0.25, 0.3) is 0 Å². The zero-order chi connectivity index (χ0) is 9.94. The van der Waals surface area contributed by atoms with E-state index in [1.807, 2.05) is 0 Å². The van der Waals surface area contributed by atoms with Gasteiger partial charge in [0, 0.05) is 6.26 Å². The summed E-state index contributed by atoms with van der Waals surface area (Å²) in [6, 6.07) is 1.33. The van der Waals surface area contributed by atoms with Crippen LogP contribution in [0.15, 0.2) is 0 Å². The number of Topliss-reactive ketones (excluding diaryl/α,β-unsaturated/α-hetero) is 1. The number of carbonyl (C=O) groups excluding carboxylic acids is 1. The Hall–Kier alpha value is -0.930. The summed E-state index contributed by atoms with van der Waals surface area (Å²) in [5.74, 6) is -0.986. The summed E-state index contributed by atoms with van der Waals surface area (Å²) in [6.07, 6.45) is -0.648. The van der Waals surface area contributed by atoms with Crippen LogP contribution in [0.4, 0.5) is 0 Å². The largest absolute Gasteiger partial charge is 0.386 e. The van der Waals surface area contributed by atoms with E-state index < -0.39 is 27.0 Å². The number of carbonyl (C=O) groups is 1. The monoisotopic (exact) mass is 191 g/mol. The maximum Gasteiger partial charge on any atom is 0.208 e. The van der Waals surface area contributed by atoms with Gasteiger partial charge >= 0.3 is 0 Å². The molecule has 5 nitrogen and oxygen atoms in total. The molecule has 1 unspecified atom stereocenters. The molecule has 0 saturated heterocycles. The lowest BCUT2D eigenvalue weighted by molar-refractivity contribution is -0.124. The Morgan fingerprint density at radius 3 is 2.08 bits per heavy atom. The van der Waals surface area contributed by atoms with Crippen molar-refractivity contribution in [2.45, 2.75) is 18.3 Å². The Labute approximate surface area is 70.5 Å². The molecular formula is C6H9NO4S. The van der Waals surface area contributed by atoms with Crippen molar-refractivity contribution in [1.29, 1.82) is 5.26 Å². The molecule has 0 spiro atoms. The number of aliphatic hydroxyl groups is 1. The lowest BCUT2D eigenvalue weighted by Gasteiger charge is -2.06. The maximum atomic E-state index is 10.9. The van der Waals surface area contributed by atoms with Crippen molar-refractivity contribution in [3.8, 4) is 6.07 Å². The normalized spacial score (nSPS) is 16.2. The number of rotatable bonds is 3. The van der Waals surface area contributed by atoms with Crippen molar-refractivity contribution in [2.75, 3.05) is 6.26 Å². The van der Waals surface area contributed by atoms with Crippen molar-refractivity contribution >= 4 is 15.6 Å². The molecule has 0 radical (unpaired) electrons. The fourth-order valence-electron chi connectivity index (χ4n) is 0.589. The van der Waals surface area contributed by atoms with Gasteiger partial charge in [-0.15, -0.1) is 0 Å². The molecule has 0 rings (SSSR count). The van der Waals surface area contributed by atoms with Gasteiger partial charge in [-0.1, -0.05) is 0 Å². The number of aliphatic hydroxyl groups excluding tert-OH is 1. The second kappa shape index (κ2) is 3.65. The molecule has 0 aromatic heterocycles. The van der Waals surface area contributed by atoms with Gasteiger partial charge < -0.3 is 5.11 Å². The molecule has 0 heterocycles. The molecule has 0 aliphatic heterocycles. The number of sulfone groups is 1. The summed E-state index contributed by atoms with van der Waals surface area (Å²) in [5, 5.41) is 15.3. The van der Waals surface area contributed by atoms with E-state index in [0.29, 0.717) is 0 Å². The molecule has 0 aromatic carbocycles. The number of nitriles is 1. The highest BCUT2D eigenvalue weighted by Gasteiger charge is 2.31. The summed E-state index contributed by atoms with van der Waals surface area (Å²) < 4.78 is 21.5. The zero-order valence-corrected chi connectivity index (χ0v) is 7.50. The van der Waals surface area contributed by atoms with Crippen LogP contribution in [0.3, 0.4) is 0 Å². The molecule has 6 heteroatoms. The molecule has 0 aliphatic rings. The SMILES string of the molecule is C[C@H](O)C(=O)C(C#N)S(C)(=O)=O. The average molecular weight is 191 g/mol. The van der Waals surface area contributed by atoms with Crippen molar-refractivity contribution in [3.05, 3.63) is 0 Å². The first-order valence-corrected chi connectivity index (χ1v) is 5.06. The van der Waals surface area contributed by atoms with Crippen LogP contribution in [0.2, 0.25) is 0 Å². The fourth-order valence-corrected chi connectivity index (χ4v) is 1.40. The highest BCUT2D eigenvalue weighted by atomic mass is 32.2. The van der Waals surface area contributed by atoms with Gasteiger partial charge in [0.15, 0.2) is 15.6 Å². The van der Waals surface area contributed by atoms with E-state index in [1.54, 1.807) is 0 Å². The summed E-state index contributed by atoms with van der Waals surface area (Å²) in [7, 11) is -3.73. The minimum Gasteiger partial charge on any atom is -0.386 e. The molecule has 68 valence electrons. The molecule has 0 fully saturated rings. The number of nitrogens with zero attached hydrogens (tertiary/aromatic N) is 1. The van der Waals surface area contributed by atoms with Crippen LogP contribution in [0, 0.1) is 11.3 Å². The minimum absolute atomic E-state index is 0.779. The standard InChI is InChI=1S/C6H9NO4S/c1-4(8)6(9)5(3-7)12(2,10)11/h4-5,8H,1-2H3/t4-,5?/m0/s1. The van der Waals surface area contributed by atoms with Gasteiger partial charge in [0.05, 0.1) is 6.07 Å². The molecule has 2 atom stereocenters. The third-order valence-electron chi connectivity index (χ3n) is 1.22. The molecule has 0 aliphatic carbocycles. The Kier molecular flexibility index (Phi) is 3.36. The van der Waals surface area contributed by atoms with E-state index in [4.69, 9.17) is 10.4 Å². The van der Waals surface area contributed by atoms with Gasteiger partial charge in [-0.3, -0.25) is 4.79 Å². The summed E-state index contributed by atoms with van der Waals surface area (Å²) in [5.41, 5.74) is 0. The van der Waals surface area contributed by atoms with E-state index in [-0.39, 0.29) is 0 Å². The third-order valence-corrected chi connectivity index (χ3v) is 2.41. The molecular weight excluding hydrogens is 182 g/mol. The Morgan fingerprint density at radius 2 is 2.00 bits per heavy atom. The average Bonchev–Trinajstić information content (AvgIpc) is 1.85. The highest BCUT2D eigenvalue weighted by Crippen LogP contribution is 2.02. The van der Waals surface area contributed by atoms with Crippen molar-refractivity contribution in [3.63, 3.8) is 0 Å². The third kappa shape index (κ3) is 2.60. The number of hydrogen-bond donors (Lipinski definition) is 1. The topological polar surface area (TPSA) is 95.2 Å². The predicted octanol–water partition coefficient (Wildman–Crippen LogP) is -1.13. The van der Waals surface area contributed by atoms with Gasteiger partial charge in [-0.2, -0.15) is 5.26 Å². The molecule has 0 bridgehead atoms. The van der Waals surface area contributed by atoms with Crippen molar-refractivity contribution in [2.24, 2.45) is 0 Å². The second-order valence-electron chi connectivity index (χ2n) is 2.42. The van der Waals surface area contributed by atoms with Gasteiger partial charge in [-0.25, -0.2) is 8.42 Å². The van der Waals surface area contributed by atoms with Crippen LogP contribution in [0.5, 0.6) is 0 Å². The zero-order valence-electron chi connectivity index (χ0n) is 6.68. The van der Waals surface area contributed by atoms with Crippen LogP contribution in [-0.2, 0) is 14.6 Å². The van der Waals surface area contributed by atoms with Crippen LogP contribution < -0.4 is 0 Å². The first kappa shape index (κ1) is 11.1. The first-order valence-electron chi connectivity index (χ1n) is 3.11. The lowest BCUT2D eigenvalue weighted by atomic mass is 10.2. The van der Waals surface area contributed by atoms with E-state index >= 15 is 0 Å². The van der Waals surface area contributed by atoms with E-state index in [2.05, 4.69) is 0 Å². The number of hydrogen-bond acceptors (Lipinski definition) is 5. The van der Waals surface area contributed by atoms with E-state index in [1.165, 1.54) is 6.07 Å². The lowest BCUT2D eigenvalue weighted by Crippen LogP contribution is -2.34. The molecule has 1 N–H and O–H groups in total. The summed E-state index contributed by atoms with van der Waals surface area (Å²) in [6.45, 7) is 1.12. The van der Waals surface area contributed by atoms with Gasteiger partial charge in [0.25, 0.3) is 0 Å². The first-order chi connectivity index (χ1) is 5.30. The highest BCUT2D eigenvalue weighted by molar-refractivity contribution is 7.92. The summed E-state index contributed by atoms with van der Waals surface area (Å²) in [4.78, 5) is 10.9. The van der Waals surface area contributed by atoms with Crippen LogP contribution in [0.1, 0.15) is 6.92 Å². The van der Waals surface area contributed by atoms with Crippen molar-refractivity contribution in [1.82, 2.24) is 0 Å². The van der Waals surface area contributed by atoms with Crippen LogP contribution >= 0.6 is 0 Å². The molecule has 0 aromatic rings. The number of ketones is 1. The van der Waals surface area contributed by atoms with Crippen molar-refractivity contribution < 1.29 is 18.3 Å². The molecule has 12 heavy (non-hydrogen) atoms. The van der Waals surface area contributed by atoms with E-state index in [9.17, 15) is 13.2 Å². The van der Waals surface area contributed by atoms with E-state index in [0.717, 1.165) is 13.2 Å². The minimum atomic E-state index is -3.73. The molecule has 0 saturated carbocycles. The Balaban J connectivity index is 4.88. The smallest absolute Gasteiger partial charge is 0.208 e. The maximum absolute atomic E-state index is 10.9. The fraction of sp³-hybridized carbons (Fsp3) is 0.667. The van der Waals surface area contributed by atoms with Gasteiger partial charge in [-0.05, 0) is 6.92 Å². The quantitative estimate of drug-likeness (QED) is 0.609. The second-order valence-corrected chi connectivity index (χ2v) is 4.55. The van der Waals surface area contributed by atoms with Gasteiger partial charge in [0.2, 0.25) is 5.25 Å². The molecule has 0 amide bonds. The van der Waals surface area contributed by atoms with Gasteiger partial charge in [0.1, 0.15) is 6.10 Å².